The lowest BCUT2D eigenvalue weighted by molar-refractivity contribution is -0.121. The highest BCUT2D eigenvalue weighted by Gasteiger charge is 2.16. The second kappa shape index (κ2) is 8.97. The van der Waals surface area contributed by atoms with E-state index in [-0.39, 0.29) is 23.7 Å². The summed E-state index contributed by atoms with van der Waals surface area (Å²) in [5.41, 5.74) is 6.70. The first-order chi connectivity index (χ1) is 10.0. The van der Waals surface area contributed by atoms with Crippen LogP contribution in [0.5, 0.6) is 0 Å². The van der Waals surface area contributed by atoms with Gasteiger partial charge in [0.2, 0.25) is 5.91 Å². The molecule has 6 nitrogen and oxygen atoms in total. The molecule has 1 atom stereocenters. The molecule has 0 aliphatic heterocycles. The van der Waals surface area contributed by atoms with Crippen LogP contribution in [0.2, 0.25) is 0 Å². The molecule has 1 aromatic carbocycles. The maximum Gasteiger partial charge on any atom is 0.221 e. The topological polar surface area (TPSA) is 99.7 Å². The molecule has 0 saturated heterocycles. The van der Waals surface area contributed by atoms with Crippen molar-refractivity contribution in [3.05, 3.63) is 35.9 Å². The van der Waals surface area contributed by atoms with Gasteiger partial charge in [-0.3, -0.25) is 4.79 Å². The molecule has 0 heterocycles. The first kappa shape index (κ1) is 17.0. The molecule has 0 aromatic heterocycles. The SMILES string of the molecule is CC(C)NC(=O)CCNCC(/C(N)=N/O)c1ccccc1. The van der Waals surface area contributed by atoms with Crippen LogP contribution in [-0.4, -0.2) is 36.1 Å². The Morgan fingerprint density at radius 3 is 2.57 bits per heavy atom. The number of amidine groups is 1. The van der Waals surface area contributed by atoms with Crippen molar-refractivity contribution >= 4 is 11.7 Å². The standard InChI is InChI=1S/C15H24N4O2/c1-11(2)18-14(20)8-9-17-10-13(15(16)19-21)12-6-4-3-5-7-12/h3-7,11,13,17,21H,8-10H2,1-2H3,(H2,16,19)(H,18,20). The fourth-order valence-corrected chi connectivity index (χ4v) is 1.99. The van der Waals surface area contributed by atoms with Crippen LogP contribution >= 0.6 is 0 Å². The largest absolute Gasteiger partial charge is 0.409 e. The predicted octanol–water partition coefficient (Wildman–Crippen LogP) is 1.02. The van der Waals surface area contributed by atoms with Crippen molar-refractivity contribution in [1.29, 1.82) is 0 Å². The lowest BCUT2D eigenvalue weighted by Crippen LogP contribution is -2.35. The molecular formula is C15H24N4O2. The number of hydrogen-bond acceptors (Lipinski definition) is 4. The lowest BCUT2D eigenvalue weighted by atomic mass is 9.98. The first-order valence-corrected chi connectivity index (χ1v) is 7.07. The van der Waals surface area contributed by atoms with Crippen molar-refractivity contribution in [2.75, 3.05) is 13.1 Å². The van der Waals surface area contributed by atoms with Gasteiger partial charge in [-0.15, -0.1) is 0 Å². The van der Waals surface area contributed by atoms with Crippen LogP contribution in [-0.2, 0) is 4.79 Å². The Morgan fingerprint density at radius 1 is 1.33 bits per heavy atom. The third-order valence-electron chi connectivity index (χ3n) is 3.00. The molecule has 1 unspecified atom stereocenters. The average Bonchev–Trinajstić information content (AvgIpc) is 2.46. The molecule has 0 spiro atoms. The van der Waals surface area contributed by atoms with Gasteiger partial charge in [-0.1, -0.05) is 35.5 Å². The molecule has 0 fully saturated rings. The van der Waals surface area contributed by atoms with Gasteiger partial charge in [-0.2, -0.15) is 0 Å². The monoisotopic (exact) mass is 292 g/mol. The zero-order valence-corrected chi connectivity index (χ0v) is 12.5. The van der Waals surface area contributed by atoms with Crippen LogP contribution in [0.1, 0.15) is 31.7 Å². The number of carbonyl (C=O) groups is 1. The Balaban J connectivity index is 2.47. The molecule has 21 heavy (non-hydrogen) atoms. The number of hydrogen-bond donors (Lipinski definition) is 4. The second-order valence-corrected chi connectivity index (χ2v) is 5.16. The normalized spacial score (nSPS) is 13.2. The molecule has 5 N–H and O–H groups in total. The molecule has 116 valence electrons. The summed E-state index contributed by atoms with van der Waals surface area (Å²) < 4.78 is 0. The summed E-state index contributed by atoms with van der Waals surface area (Å²) in [6.45, 7) is 4.90. The lowest BCUT2D eigenvalue weighted by Gasteiger charge is -2.17. The maximum absolute atomic E-state index is 11.5. The zero-order valence-electron chi connectivity index (χ0n) is 12.5. The van der Waals surface area contributed by atoms with Gasteiger partial charge >= 0.3 is 0 Å². The van der Waals surface area contributed by atoms with Crippen molar-refractivity contribution in [2.24, 2.45) is 10.9 Å². The van der Waals surface area contributed by atoms with Crippen LogP contribution in [0, 0.1) is 0 Å². The predicted molar refractivity (Wildman–Crippen MR) is 83.4 cm³/mol. The van der Waals surface area contributed by atoms with Gasteiger partial charge in [0.25, 0.3) is 0 Å². The van der Waals surface area contributed by atoms with Gasteiger partial charge in [-0.25, -0.2) is 0 Å². The van der Waals surface area contributed by atoms with E-state index >= 15 is 0 Å². The highest BCUT2D eigenvalue weighted by Crippen LogP contribution is 2.14. The summed E-state index contributed by atoms with van der Waals surface area (Å²) in [5, 5.41) is 18.0. The Labute approximate surface area is 125 Å². The summed E-state index contributed by atoms with van der Waals surface area (Å²) in [4.78, 5) is 11.5. The van der Waals surface area contributed by atoms with Crippen molar-refractivity contribution in [2.45, 2.75) is 32.2 Å². The average molecular weight is 292 g/mol. The van der Waals surface area contributed by atoms with Crippen LogP contribution in [0.25, 0.3) is 0 Å². The third-order valence-corrected chi connectivity index (χ3v) is 3.00. The fourth-order valence-electron chi connectivity index (χ4n) is 1.99. The molecule has 1 amide bonds. The molecule has 0 aliphatic carbocycles. The second-order valence-electron chi connectivity index (χ2n) is 5.16. The van der Waals surface area contributed by atoms with Crippen LogP contribution in [0.4, 0.5) is 0 Å². The smallest absolute Gasteiger partial charge is 0.221 e. The molecule has 0 bridgehead atoms. The van der Waals surface area contributed by atoms with E-state index in [1.165, 1.54) is 0 Å². The molecule has 6 heteroatoms. The van der Waals surface area contributed by atoms with E-state index in [0.717, 1.165) is 5.56 Å². The van der Waals surface area contributed by atoms with Crippen molar-refractivity contribution in [1.82, 2.24) is 10.6 Å². The number of nitrogens with one attached hydrogen (secondary N) is 2. The Bertz CT molecular complexity index is 460. The Hall–Kier alpha value is -2.08. The molecule has 0 aliphatic rings. The van der Waals surface area contributed by atoms with E-state index in [2.05, 4.69) is 15.8 Å². The van der Waals surface area contributed by atoms with Crippen LogP contribution in [0.15, 0.2) is 35.5 Å². The molecule has 0 radical (unpaired) electrons. The minimum Gasteiger partial charge on any atom is -0.409 e. The van der Waals surface area contributed by atoms with E-state index in [0.29, 0.717) is 19.5 Å². The Morgan fingerprint density at radius 2 is 2.00 bits per heavy atom. The molecule has 0 saturated carbocycles. The van der Waals surface area contributed by atoms with E-state index < -0.39 is 0 Å². The van der Waals surface area contributed by atoms with E-state index in [1.807, 2.05) is 44.2 Å². The van der Waals surface area contributed by atoms with E-state index in [9.17, 15) is 4.79 Å². The van der Waals surface area contributed by atoms with Gasteiger partial charge in [0.05, 0.1) is 5.92 Å². The summed E-state index contributed by atoms with van der Waals surface area (Å²) in [6.07, 6.45) is 0.399. The summed E-state index contributed by atoms with van der Waals surface area (Å²) in [6, 6.07) is 9.72. The first-order valence-electron chi connectivity index (χ1n) is 7.07. The number of rotatable bonds is 8. The Kier molecular flexibility index (Phi) is 7.25. The highest BCUT2D eigenvalue weighted by molar-refractivity contribution is 5.87. The fraction of sp³-hybridized carbons (Fsp3) is 0.467. The number of benzene rings is 1. The van der Waals surface area contributed by atoms with Gasteiger partial charge in [0, 0.05) is 25.6 Å². The van der Waals surface area contributed by atoms with Gasteiger partial charge in [-0.05, 0) is 19.4 Å². The summed E-state index contributed by atoms with van der Waals surface area (Å²) in [7, 11) is 0. The molecule has 1 aromatic rings. The van der Waals surface area contributed by atoms with Gasteiger partial charge in [0.1, 0.15) is 5.84 Å². The molecular weight excluding hydrogens is 268 g/mol. The van der Waals surface area contributed by atoms with Crippen molar-refractivity contribution in [3.8, 4) is 0 Å². The van der Waals surface area contributed by atoms with Crippen LogP contribution < -0.4 is 16.4 Å². The number of amides is 1. The van der Waals surface area contributed by atoms with Crippen molar-refractivity contribution < 1.29 is 10.0 Å². The van der Waals surface area contributed by atoms with E-state index in [4.69, 9.17) is 10.9 Å². The van der Waals surface area contributed by atoms with E-state index in [1.54, 1.807) is 0 Å². The van der Waals surface area contributed by atoms with Gasteiger partial charge < -0.3 is 21.6 Å². The number of nitrogens with zero attached hydrogens (tertiary/aromatic N) is 1. The number of nitrogens with two attached hydrogens (primary N) is 1. The van der Waals surface area contributed by atoms with Crippen LogP contribution in [0.3, 0.4) is 0 Å². The number of oxime groups is 1. The van der Waals surface area contributed by atoms with Crippen molar-refractivity contribution in [3.63, 3.8) is 0 Å². The quantitative estimate of drug-likeness (QED) is 0.189. The summed E-state index contributed by atoms with van der Waals surface area (Å²) in [5.74, 6) is -0.0535. The minimum atomic E-state index is -0.218. The highest BCUT2D eigenvalue weighted by atomic mass is 16.4. The zero-order chi connectivity index (χ0) is 15.7. The molecule has 1 rings (SSSR count). The van der Waals surface area contributed by atoms with Gasteiger partial charge in [0.15, 0.2) is 0 Å². The minimum absolute atomic E-state index is 0.0116. The number of carbonyl (C=O) groups excluding carboxylic acids is 1. The third kappa shape index (κ3) is 6.27. The maximum atomic E-state index is 11.5. The summed E-state index contributed by atoms with van der Waals surface area (Å²) >= 11 is 0.